The summed E-state index contributed by atoms with van der Waals surface area (Å²) in [6, 6.07) is 1.25. The number of carbonyl (C=O) groups is 1. The Balaban J connectivity index is 3.00. The number of pyridine rings is 1. The van der Waals surface area contributed by atoms with Crippen LogP contribution in [0.5, 0.6) is 0 Å². The van der Waals surface area contributed by atoms with Crippen LogP contribution < -0.4 is 0 Å². The minimum Gasteiger partial charge on any atom is -0.469 e. The maximum Gasteiger partial charge on any atom is 0.311 e. The van der Waals surface area contributed by atoms with Crippen molar-refractivity contribution in [2.45, 2.75) is 12.8 Å². The van der Waals surface area contributed by atoms with Crippen molar-refractivity contribution in [1.29, 1.82) is 0 Å². The van der Waals surface area contributed by atoms with E-state index in [-0.39, 0.29) is 17.7 Å². The third-order valence-electron chi connectivity index (χ3n) is 1.74. The first-order valence-corrected chi connectivity index (χ1v) is 4.83. The van der Waals surface area contributed by atoms with Crippen molar-refractivity contribution in [2.75, 3.05) is 7.11 Å². The van der Waals surface area contributed by atoms with Gasteiger partial charge in [0.1, 0.15) is 0 Å². The van der Waals surface area contributed by atoms with E-state index in [1.165, 1.54) is 19.4 Å². The Morgan fingerprint density at radius 2 is 2.33 bits per heavy atom. The van der Waals surface area contributed by atoms with E-state index < -0.39 is 12.4 Å². The highest BCUT2D eigenvalue weighted by molar-refractivity contribution is 9.10. The Morgan fingerprint density at radius 1 is 1.67 bits per heavy atom. The molecule has 3 nitrogen and oxygen atoms in total. The smallest absolute Gasteiger partial charge is 0.311 e. The van der Waals surface area contributed by atoms with Crippen molar-refractivity contribution in [3.05, 3.63) is 28.0 Å². The second kappa shape index (κ2) is 5.16. The molecule has 1 aromatic rings. The molecule has 0 saturated heterocycles. The second-order valence-corrected chi connectivity index (χ2v) is 3.66. The summed E-state index contributed by atoms with van der Waals surface area (Å²) in [6.45, 7) is 0. The third-order valence-corrected chi connectivity index (χ3v) is 2.18. The molecule has 0 N–H and O–H groups in total. The van der Waals surface area contributed by atoms with Gasteiger partial charge >= 0.3 is 5.97 Å². The zero-order valence-corrected chi connectivity index (χ0v) is 9.42. The molecular formula is C9H8BrF2NO2. The number of ether oxygens (including phenoxy) is 1. The van der Waals surface area contributed by atoms with Crippen molar-refractivity contribution < 1.29 is 18.3 Å². The summed E-state index contributed by atoms with van der Waals surface area (Å²) in [5.74, 6) is -0.591. The van der Waals surface area contributed by atoms with Gasteiger partial charge in [0.2, 0.25) is 0 Å². The molecule has 15 heavy (non-hydrogen) atoms. The van der Waals surface area contributed by atoms with Gasteiger partial charge in [-0.3, -0.25) is 9.78 Å². The molecule has 0 unspecified atom stereocenters. The molecule has 0 aromatic carbocycles. The Hall–Kier alpha value is -1.04. The van der Waals surface area contributed by atoms with Crippen LogP contribution in [-0.2, 0) is 16.0 Å². The van der Waals surface area contributed by atoms with E-state index in [0.717, 1.165) is 0 Å². The molecule has 0 spiro atoms. The van der Waals surface area contributed by atoms with Crippen LogP contribution >= 0.6 is 15.9 Å². The van der Waals surface area contributed by atoms with Gasteiger partial charge in [0.05, 0.1) is 19.2 Å². The fourth-order valence-corrected chi connectivity index (χ4v) is 1.38. The molecule has 6 heteroatoms. The number of halogens is 3. The summed E-state index contributed by atoms with van der Waals surface area (Å²) in [6.07, 6.45) is -1.54. The van der Waals surface area contributed by atoms with Gasteiger partial charge in [0.25, 0.3) is 6.43 Å². The van der Waals surface area contributed by atoms with Gasteiger partial charge in [0, 0.05) is 16.2 Å². The standard InChI is InChI=1S/C9H8BrF2NO2/c1-15-8(14)3-7-6(9(11)12)2-5(10)4-13-7/h2,4,9H,3H2,1H3. The SMILES string of the molecule is COC(=O)Cc1ncc(Br)cc1C(F)F. The highest BCUT2D eigenvalue weighted by Gasteiger charge is 2.17. The maximum absolute atomic E-state index is 12.5. The first-order valence-electron chi connectivity index (χ1n) is 4.04. The number of nitrogens with zero attached hydrogens (tertiary/aromatic N) is 1. The highest BCUT2D eigenvalue weighted by Crippen LogP contribution is 2.25. The molecule has 0 aliphatic carbocycles. The van der Waals surface area contributed by atoms with Crippen LogP contribution in [0.15, 0.2) is 16.7 Å². The van der Waals surface area contributed by atoms with Crippen molar-refractivity contribution >= 4 is 21.9 Å². The minimum absolute atomic E-state index is 0.0417. The molecule has 0 saturated carbocycles. The monoisotopic (exact) mass is 279 g/mol. The Bertz CT molecular complexity index is 371. The fraction of sp³-hybridized carbons (Fsp3) is 0.333. The Morgan fingerprint density at radius 3 is 2.87 bits per heavy atom. The van der Waals surface area contributed by atoms with Crippen LogP contribution in [0.25, 0.3) is 0 Å². The van der Waals surface area contributed by atoms with Crippen LogP contribution in [0.3, 0.4) is 0 Å². The lowest BCUT2D eigenvalue weighted by Gasteiger charge is -2.07. The summed E-state index contributed by atoms with van der Waals surface area (Å²) < 4.78 is 29.9. The number of carbonyl (C=O) groups excluding carboxylic acids is 1. The van der Waals surface area contributed by atoms with E-state index in [1.54, 1.807) is 0 Å². The van der Waals surface area contributed by atoms with Gasteiger partial charge in [0.15, 0.2) is 0 Å². The van der Waals surface area contributed by atoms with Crippen LogP contribution in [0.1, 0.15) is 17.7 Å². The molecule has 0 radical (unpaired) electrons. The zero-order valence-electron chi connectivity index (χ0n) is 7.84. The first-order chi connectivity index (χ1) is 7.04. The summed E-state index contributed by atoms with van der Waals surface area (Å²) in [5.41, 5.74) is -0.213. The van der Waals surface area contributed by atoms with Gasteiger partial charge in [-0.1, -0.05) is 0 Å². The van der Waals surface area contributed by atoms with Gasteiger partial charge in [-0.05, 0) is 22.0 Å². The number of alkyl halides is 2. The molecule has 0 amide bonds. The first kappa shape index (κ1) is 12.0. The van der Waals surface area contributed by atoms with Crippen molar-refractivity contribution in [1.82, 2.24) is 4.98 Å². The van der Waals surface area contributed by atoms with Gasteiger partial charge < -0.3 is 4.74 Å². The lowest BCUT2D eigenvalue weighted by molar-refractivity contribution is -0.139. The van der Waals surface area contributed by atoms with Crippen molar-refractivity contribution in [3.8, 4) is 0 Å². The predicted octanol–water partition coefficient (Wildman–Crippen LogP) is 2.50. The molecule has 0 atom stereocenters. The molecular weight excluding hydrogens is 272 g/mol. The molecule has 1 heterocycles. The van der Waals surface area contributed by atoms with E-state index >= 15 is 0 Å². The number of rotatable bonds is 3. The van der Waals surface area contributed by atoms with Crippen LogP contribution in [0.4, 0.5) is 8.78 Å². The molecule has 82 valence electrons. The average Bonchev–Trinajstić information content (AvgIpc) is 2.20. The number of methoxy groups -OCH3 is 1. The summed E-state index contributed by atoms with van der Waals surface area (Å²) >= 11 is 3.04. The van der Waals surface area contributed by atoms with E-state index in [9.17, 15) is 13.6 Å². The second-order valence-electron chi connectivity index (χ2n) is 2.74. The van der Waals surface area contributed by atoms with Crippen molar-refractivity contribution in [2.24, 2.45) is 0 Å². The molecule has 0 fully saturated rings. The number of esters is 1. The average molecular weight is 280 g/mol. The van der Waals surface area contributed by atoms with E-state index in [2.05, 4.69) is 25.7 Å². The van der Waals surface area contributed by atoms with E-state index in [4.69, 9.17) is 0 Å². The number of hydrogen-bond donors (Lipinski definition) is 0. The quantitative estimate of drug-likeness (QED) is 0.798. The largest absolute Gasteiger partial charge is 0.469 e. The lowest BCUT2D eigenvalue weighted by atomic mass is 10.1. The lowest BCUT2D eigenvalue weighted by Crippen LogP contribution is -2.09. The van der Waals surface area contributed by atoms with Gasteiger partial charge in [-0.25, -0.2) is 8.78 Å². The van der Waals surface area contributed by atoms with Crippen molar-refractivity contribution in [3.63, 3.8) is 0 Å². The molecule has 0 bridgehead atoms. The van der Waals surface area contributed by atoms with Crippen LogP contribution in [0, 0.1) is 0 Å². The van der Waals surface area contributed by atoms with Gasteiger partial charge in [-0.15, -0.1) is 0 Å². The highest BCUT2D eigenvalue weighted by atomic mass is 79.9. The molecule has 1 aromatic heterocycles. The summed E-state index contributed by atoms with van der Waals surface area (Å²) in [7, 11) is 1.20. The van der Waals surface area contributed by atoms with Gasteiger partial charge in [-0.2, -0.15) is 0 Å². The molecule has 0 aliphatic rings. The zero-order chi connectivity index (χ0) is 11.4. The Kier molecular flexibility index (Phi) is 4.14. The third kappa shape index (κ3) is 3.23. The normalized spacial score (nSPS) is 10.5. The minimum atomic E-state index is -2.66. The Labute approximate surface area is 93.6 Å². The number of hydrogen-bond acceptors (Lipinski definition) is 3. The maximum atomic E-state index is 12.5. The molecule has 1 rings (SSSR count). The topological polar surface area (TPSA) is 39.2 Å². The van der Waals surface area contributed by atoms with Crippen LogP contribution in [0.2, 0.25) is 0 Å². The summed E-state index contributed by atoms with van der Waals surface area (Å²) in [4.78, 5) is 14.7. The summed E-state index contributed by atoms with van der Waals surface area (Å²) in [5, 5.41) is 0. The fourth-order valence-electron chi connectivity index (χ4n) is 1.03. The van der Waals surface area contributed by atoms with Crippen LogP contribution in [-0.4, -0.2) is 18.1 Å². The predicted molar refractivity (Wildman–Crippen MR) is 52.6 cm³/mol. The van der Waals surface area contributed by atoms with E-state index in [0.29, 0.717) is 4.47 Å². The number of aromatic nitrogens is 1. The van der Waals surface area contributed by atoms with E-state index in [1.807, 2.05) is 0 Å². The molecule has 0 aliphatic heterocycles.